The fourth-order valence-electron chi connectivity index (χ4n) is 1.62. The van der Waals surface area contributed by atoms with Crippen molar-refractivity contribution in [3.8, 4) is 11.3 Å². The van der Waals surface area contributed by atoms with Gasteiger partial charge in [0.05, 0.1) is 7.11 Å². The number of carbonyl (C=O) groups is 1. The molecule has 0 fully saturated rings. The molecule has 6 nitrogen and oxygen atoms in total. The summed E-state index contributed by atoms with van der Waals surface area (Å²) < 4.78 is 42.6. The second-order valence-electron chi connectivity index (χ2n) is 3.79. The predicted octanol–water partition coefficient (Wildman–Crippen LogP) is 1.69. The molecule has 0 atom stereocenters. The zero-order valence-electron chi connectivity index (χ0n) is 10.3. The highest BCUT2D eigenvalue weighted by Crippen LogP contribution is 2.26. The summed E-state index contributed by atoms with van der Waals surface area (Å²) in [5, 5.41) is 6.84. The topological polar surface area (TPSA) is 69.9 Å². The first-order chi connectivity index (χ1) is 9.42. The smallest absolute Gasteiger partial charge is 0.408 e. The van der Waals surface area contributed by atoms with Gasteiger partial charge >= 0.3 is 12.1 Å². The number of hydrogen-bond donors (Lipinski definition) is 0. The van der Waals surface area contributed by atoms with E-state index in [0.29, 0.717) is 10.2 Å². The summed E-state index contributed by atoms with van der Waals surface area (Å²) in [5.41, 5.74) is 0.00850. The van der Waals surface area contributed by atoms with Crippen molar-refractivity contribution in [3.05, 3.63) is 30.2 Å². The molecule has 20 heavy (non-hydrogen) atoms. The molecule has 2 aromatic heterocycles. The molecule has 0 radical (unpaired) electrons. The van der Waals surface area contributed by atoms with Gasteiger partial charge in [0, 0.05) is 18.0 Å². The Balaban J connectivity index is 2.54. The monoisotopic (exact) mass is 286 g/mol. The minimum absolute atomic E-state index is 0.0587. The molecule has 0 aliphatic rings. The first-order valence-electron chi connectivity index (χ1n) is 5.41. The molecule has 106 valence electrons. The number of halogens is 3. The second-order valence-corrected chi connectivity index (χ2v) is 3.79. The van der Waals surface area contributed by atoms with Gasteiger partial charge in [-0.25, -0.2) is 9.48 Å². The molecule has 2 heterocycles. The van der Waals surface area contributed by atoms with Crippen LogP contribution in [0.2, 0.25) is 0 Å². The molecule has 0 N–H and O–H groups in total. The predicted molar refractivity (Wildman–Crippen MR) is 60.6 cm³/mol. The molecule has 9 heteroatoms. The van der Waals surface area contributed by atoms with Crippen LogP contribution >= 0.6 is 0 Å². The zero-order chi connectivity index (χ0) is 14.8. The number of aromatic nitrogens is 4. The molecule has 0 aliphatic carbocycles. The van der Waals surface area contributed by atoms with Crippen LogP contribution in [0.1, 0.15) is 10.5 Å². The number of methoxy groups -OCH3 is 1. The third kappa shape index (κ3) is 2.92. The second kappa shape index (κ2) is 5.27. The van der Waals surface area contributed by atoms with Crippen molar-refractivity contribution in [1.82, 2.24) is 20.0 Å². The Morgan fingerprint density at radius 2 is 2.00 bits per heavy atom. The summed E-state index contributed by atoms with van der Waals surface area (Å²) in [7, 11) is 1.11. The van der Waals surface area contributed by atoms with Crippen molar-refractivity contribution >= 4 is 5.97 Å². The van der Waals surface area contributed by atoms with Crippen LogP contribution in [-0.4, -0.2) is 39.2 Å². The van der Waals surface area contributed by atoms with E-state index in [9.17, 15) is 18.0 Å². The molecular weight excluding hydrogens is 277 g/mol. The van der Waals surface area contributed by atoms with Crippen LogP contribution in [0, 0.1) is 0 Å². The van der Waals surface area contributed by atoms with Gasteiger partial charge in [-0.05, 0) is 12.1 Å². The first-order valence-corrected chi connectivity index (χ1v) is 5.41. The third-order valence-corrected chi connectivity index (χ3v) is 2.40. The maximum Gasteiger partial charge on any atom is 0.408 e. The molecule has 0 unspecified atom stereocenters. The average molecular weight is 286 g/mol. The molecule has 0 spiro atoms. The summed E-state index contributed by atoms with van der Waals surface area (Å²) >= 11 is 0. The Labute approximate surface area is 111 Å². The van der Waals surface area contributed by atoms with Gasteiger partial charge in [0.15, 0.2) is 5.69 Å². The van der Waals surface area contributed by atoms with E-state index in [2.05, 4.69) is 20.0 Å². The lowest BCUT2D eigenvalue weighted by Crippen LogP contribution is -2.19. The lowest BCUT2D eigenvalue weighted by Gasteiger charge is -2.09. The highest BCUT2D eigenvalue weighted by atomic mass is 19.4. The van der Waals surface area contributed by atoms with E-state index in [-0.39, 0.29) is 11.4 Å². The van der Waals surface area contributed by atoms with Gasteiger partial charge < -0.3 is 4.74 Å². The number of alkyl halides is 3. The van der Waals surface area contributed by atoms with E-state index in [0.717, 1.165) is 7.11 Å². The number of pyridine rings is 1. The summed E-state index contributed by atoms with van der Waals surface area (Å²) in [6, 6.07) is 2.91. The number of nitrogens with zero attached hydrogens (tertiary/aromatic N) is 4. The van der Waals surface area contributed by atoms with E-state index in [1.54, 1.807) is 0 Å². The highest BCUT2D eigenvalue weighted by molar-refractivity contribution is 5.93. The van der Waals surface area contributed by atoms with Crippen LogP contribution in [0.5, 0.6) is 0 Å². The Hall–Kier alpha value is -2.45. The Morgan fingerprint density at radius 3 is 2.55 bits per heavy atom. The summed E-state index contributed by atoms with van der Waals surface area (Å²) in [6.07, 6.45) is -1.70. The van der Waals surface area contributed by atoms with Crippen molar-refractivity contribution in [2.45, 2.75) is 12.7 Å². The van der Waals surface area contributed by atoms with Crippen molar-refractivity contribution in [2.75, 3.05) is 7.11 Å². The lowest BCUT2D eigenvalue weighted by molar-refractivity contribution is -0.142. The Kier molecular flexibility index (Phi) is 3.68. The molecule has 0 aliphatic heterocycles. The number of carbonyl (C=O) groups excluding carboxylic acids is 1. The molecule has 2 aromatic rings. The van der Waals surface area contributed by atoms with E-state index in [1.165, 1.54) is 24.5 Å². The van der Waals surface area contributed by atoms with Crippen molar-refractivity contribution < 1.29 is 22.7 Å². The number of esters is 1. The minimum Gasteiger partial charge on any atom is -0.464 e. The summed E-state index contributed by atoms with van der Waals surface area (Å²) in [4.78, 5) is 15.3. The van der Waals surface area contributed by atoms with E-state index in [4.69, 9.17) is 0 Å². The van der Waals surface area contributed by atoms with Crippen LogP contribution in [0.4, 0.5) is 13.2 Å². The maximum absolute atomic E-state index is 12.5. The van der Waals surface area contributed by atoms with E-state index >= 15 is 0 Å². The fraction of sp³-hybridized carbons (Fsp3) is 0.273. The fourth-order valence-corrected chi connectivity index (χ4v) is 1.62. The van der Waals surface area contributed by atoms with Crippen molar-refractivity contribution in [1.29, 1.82) is 0 Å². The lowest BCUT2D eigenvalue weighted by atomic mass is 10.1. The Morgan fingerprint density at radius 1 is 1.35 bits per heavy atom. The molecule has 2 rings (SSSR count). The molecule has 0 aromatic carbocycles. The van der Waals surface area contributed by atoms with Crippen LogP contribution < -0.4 is 0 Å². The maximum atomic E-state index is 12.5. The normalized spacial score (nSPS) is 11.4. The van der Waals surface area contributed by atoms with Crippen LogP contribution in [0.3, 0.4) is 0 Å². The summed E-state index contributed by atoms with van der Waals surface area (Å²) in [6.45, 7) is -1.35. The van der Waals surface area contributed by atoms with Gasteiger partial charge in [-0.3, -0.25) is 4.98 Å². The van der Waals surface area contributed by atoms with E-state index in [1.807, 2.05) is 0 Å². The molecular formula is C11H9F3N4O2. The minimum atomic E-state index is -4.48. The number of rotatable bonds is 3. The van der Waals surface area contributed by atoms with Gasteiger partial charge in [0.2, 0.25) is 0 Å². The van der Waals surface area contributed by atoms with Gasteiger partial charge in [-0.1, -0.05) is 5.21 Å². The summed E-state index contributed by atoms with van der Waals surface area (Å²) in [5.74, 6) is -0.856. The quantitative estimate of drug-likeness (QED) is 0.803. The first kappa shape index (κ1) is 14.0. The van der Waals surface area contributed by atoms with Gasteiger partial charge in [0.25, 0.3) is 0 Å². The molecule has 0 saturated carbocycles. The number of hydrogen-bond acceptors (Lipinski definition) is 5. The van der Waals surface area contributed by atoms with Gasteiger partial charge in [0.1, 0.15) is 12.2 Å². The van der Waals surface area contributed by atoms with Crippen LogP contribution in [-0.2, 0) is 11.3 Å². The van der Waals surface area contributed by atoms with Crippen molar-refractivity contribution in [3.63, 3.8) is 0 Å². The largest absolute Gasteiger partial charge is 0.464 e. The standard InChI is InChI=1S/C11H9F3N4O2/c1-20-10(19)8-9(7-2-4-15-5-3-7)18(17-16-8)6-11(12,13)14/h2-5H,6H2,1H3. The number of ether oxygens (including phenoxy) is 1. The van der Waals surface area contributed by atoms with E-state index < -0.39 is 18.7 Å². The Bertz CT molecular complexity index is 610. The SMILES string of the molecule is COC(=O)c1nnn(CC(F)(F)F)c1-c1ccncc1. The van der Waals surface area contributed by atoms with Crippen molar-refractivity contribution in [2.24, 2.45) is 0 Å². The highest BCUT2D eigenvalue weighted by Gasteiger charge is 2.32. The third-order valence-electron chi connectivity index (χ3n) is 2.40. The van der Waals surface area contributed by atoms with Crippen LogP contribution in [0.25, 0.3) is 11.3 Å². The average Bonchev–Trinajstić information content (AvgIpc) is 2.80. The van der Waals surface area contributed by atoms with Crippen LogP contribution in [0.15, 0.2) is 24.5 Å². The molecule has 0 bridgehead atoms. The molecule has 0 saturated heterocycles. The zero-order valence-corrected chi connectivity index (χ0v) is 10.3. The van der Waals surface area contributed by atoms with Gasteiger partial charge in [-0.15, -0.1) is 5.10 Å². The van der Waals surface area contributed by atoms with Gasteiger partial charge in [-0.2, -0.15) is 13.2 Å². The molecule has 0 amide bonds.